The molecule has 2 aromatic rings. The fraction of sp³-hybridized carbons (Fsp3) is 0.435. The molecule has 0 aliphatic rings. The van der Waals surface area contributed by atoms with E-state index in [4.69, 9.17) is 19.0 Å². The van der Waals surface area contributed by atoms with Gasteiger partial charge in [-0.05, 0) is 63.8 Å². The summed E-state index contributed by atoms with van der Waals surface area (Å²) in [6.07, 6.45) is 9.00. The summed E-state index contributed by atoms with van der Waals surface area (Å²) in [5.74, 6) is 1.78. The minimum absolute atomic E-state index is 0.352. The van der Waals surface area contributed by atoms with Crippen molar-refractivity contribution in [2.45, 2.75) is 40.5 Å². The van der Waals surface area contributed by atoms with Crippen molar-refractivity contribution < 1.29 is 19.0 Å². The van der Waals surface area contributed by atoms with Crippen LogP contribution in [0.5, 0.6) is 17.5 Å². The quantitative estimate of drug-likeness (QED) is 0.218. The number of unbranched alkanes of at least 4 members (excludes halogenated alkanes) is 1. The van der Waals surface area contributed by atoms with Crippen LogP contribution in [0.4, 0.5) is 0 Å². The van der Waals surface area contributed by atoms with E-state index in [9.17, 15) is 0 Å². The van der Waals surface area contributed by atoms with Crippen molar-refractivity contribution in [2.24, 2.45) is 5.16 Å². The number of nitrogens with zero attached hydrogens (tertiary/aromatic N) is 3. The van der Waals surface area contributed by atoms with Crippen LogP contribution in [0.3, 0.4) is 0 Å². The summed E-state index contributed by atoms with van der Waals surface area (Å²) >= 11 is 0. The average molecular weight is 414 g/mol. The first kappa shape index (κ1) is 23.2. The van der Waals surface area contributed by atoms with E-state index in [2.05, 4.69) is 15.1 Å². The van der Waals surface area contributed by atoms with Gasteiger partial charge in [0.25, 0.3) is 0 Å². The highest BCUT2D eigenvalue weighted by atomic mass is 16.6. The van der Waals surface area contributed by atoms with Gasteiger partial charge in [0, 0.05) is 18.0 Å². The molecule has 30 heavy (non-hydrogen) atoms. The van der Waals surface area contributed by atoms with E-state index in [1.165, 1.54) is 7.11 Å². The minimum Gasteiger partial charge on any atom is -0.493 e. The Kier molecular flexibility index (Phi) is 9.64. The molecule has 0 radical (unpaired) electrons. The molecule has 1 aromatic carbocycles. The van der Waals surface area contributed by atoms with Crippen molar-refractivity contribution in [2.75, 3.05) is 26.9 Å². The third kappa shape index (κ3) is 7.39. The maximum absolute atomic E-state index is 5.98. The Hall–Kier alpha value is -3.09. The summed E-state index contributed by atoms with van der Waals surface area (Å²) in [5.41, 5.74) is 3.65. The number of hydrogen-bond donors (Lipinski definition) is 0. The van der Waals surface area contributed by atoms with Crippen LogP contribution in [0.1, 0.15) is 43.4 Å². The summed E-state index contributed by atoms with van der Waals surface area (Å²) < 4.78 is 17.3. The van der Waals surface area contributed by atoms with Crippen LogP contribution in [0, 0.1) is 13.8 Å². The third-order valence-electron chi connectivity index (χ3n) is 4.31. The van der Waals surface area contributed by atoms with Gasteiger partial charge in [-0.15, -0.1) is 0 Å². The first-order valence-electron chi connectivity index (χ1n) is 10.1. The van der Waals surface area contributed by atoms with E-state index in [-0.39, 0.29) is 0 Å². The van der Waals surface area contributed by atoms with E-state index in [1.807, 2.05) is 52.0 Å². The topological polar surface area (TPSA) is 75.1 Å². The second kappa shape index (κ2) is 12.5. The standard InChI is InChI=1S/C23H31N3O4/c1-6-7-10-28-21-13-17(2)22(18(3)14-21)29-11-8-9-12-30-23-24-15-20(16-25-23)19(4)26-27-5/h6-7,13-16H,8-12H2,1-5H3/b7-6+,26-19+. The van der Waals surface area contributed by atoms with Gasteiger partial charge in [0.15, 0.2) is 0 Å². The smallest absolute Gasteiger partial charge is 0.316 e. The van der Waals surface area contributed by atoms with Crippen molar-refractivity contribution in [3.8, 4) is 17.5 Å². The molecule has 0 unspecified atom stereocenters. The highest BCUT2D eigenvalue weighted by molar-refractivity contribution is 5.97. The number of aryl methyl sites for hydroxylation is 2. The zero-order valence-corrected chi connectivity index (χ0v) is 18.5. The number of rotatable bonds is 12. The van der Waals surface area contributed by atoms with Crippen LogP contribution in [-0.4, -0.2) is 42.6 Å². The molecule has 0 fully saturated rings. The monoisotopic (exact) mass is 413 g/mol. The Balaban J connectivity index is 1.72. The maximum Gasteiger partial charge on any atom is 0.316 e. The van der Waals surface area contributed by atoms with E-state index in [0.717, 1.165) is 41.0 Å². The van der Waals surface area contributed by atoms with Crippen molar-refractivity contribution in [1.29, 1.82) is 0 Å². The molecule has 0 atom stereocenters. The van der Waals surface area contributed by atoms with Crippen molar-refractivity contribution in [1.82, 2.24) is 9.97 Å². The molecule has 0 bridgehead atoms. The largest absolute Gasteiger partial charge is 0.493 e. The molecule has 0 saturated heterocycles. The van der Waals surface area contributed by atoms with E-state index >= 15 is 0 Å². The van der Waals surface area contributed by atoms with Gasteiger partial charge >= 0.3 is 6.01 Å². The summed E-state index contributed by atoms with van der Waals surface area (Å²) in [6, 6.07) is 4.37. The van der Waals surface area contributed by atoms with Crippen LogP contribution in [-0.2, 0) is 4.84 Å². The molecule has 7 heteroatoms. The first-order chi connectivity index (χ1) is 14.5. The van der Waals surface area contributed by atoms with Gasteiger partial charge in [0.05, 0.1) is 18.9 Å². The molecule has 7 nitrogen and oxygen atoms in total. The molecular formula is C23H31N3O4. The molecular weight excluding hydrogens is 382 g/mol. The molecule has 0 aliphatic heterocycles. The van der Waals surface area contributed by atoms with E-state index in [1.54, 1.807) is 12.4 Å². The molecule has 0 N–H and O–H groups in total. The number of hydrogen-bond acceptors (Lipinski definition) is 7. The highest BCUT2D eigenvalue weighted by Crippen LogP contribution is 2.28. The number of allylic oxidation sites excluding steroid dienone is 1. The van der Waals surface area contributed by atoms with Gasteiger partial charge in [-0.3, -0.25) is 0 Å². The second-order valence-electron chi connectivity index (χ2n) is 6.78. The predicted octanol–water partition coefficient (Wildman–Crippen LogP) is 4.66. The number of oxime groups is 1. The molecule has 1 heterocycles. The Labute approximate surface area is 178 Å². The molecule has 0 spiro atoms. The average Bonchev–Trinajstić information content (AvgIpc) is 2.73. The summed E-state index contributed by atoms with van der Waals surface area (Å²) in [4.78, 5) is 13.1. The molecule has 0 saturated carbocycles. The van der Waals surface area contributed by atoms with Crippen LogP contribution >= 0.6 is 0 Å². The molecule has 162 valence electrons. The van der Waals surface area contributed by atoms with Gasteiger partial charge in [-0.1, -0.05) is 17.3 Å². The van der Waals surface area contributed by atoms with Crippen molar-refractivity contribution >= 4 is 5.71 Å². The van der Waals surface area contributed by atoms with Crippen LogP contribution in [0.2, 0.25) is 0 Å². The van der Waals surface area contributed by atoms with Gasteiger partial charge in [0.1, 0.15) is 25.2 Å². The zero-order valence-electron chi connectivity index (χ0n) is 18.5. The Morgan fingerprint density at radius 3 is 2.23 bits per heavy atom. The summed E-state index contributed by atoms with van der Waals surface area (Å²) in [7, 11) is 1.50. The van der Waals surface area contributed by atoms with Crippen LogP contribution in [0.15, 0.2) is 41.8 Å². The van der Waals surface area contributed by atoms with E-state index in [0.29, 0.717) is 31.5 Å². The number of benzene rings is 1. The first-order valence-corrected chi connectivity index (χ1v) is 10.1. The highest BCUT2D eigenvalue weighted by Gasteiger charge is 2.07. The van der Waals surface area contributed by atoms with Gasteiger partial charge in [-0.2, -0.15) is 0 Å². The number of ether oxygens (including phenoxy) is 3. The Morgan fingerprint density at radius 1 is 1.00 bits per heavy atom. The molecule has 0 aliphatic carbocycles. The normalized spacial score (nSPS) is 11.6. The third-order valence-corrected chi connectivity index (χ3v) is 4.31. The maximum atomic E-state index is 5.98. The summed E-state index contributed by atoms with van der Waals surface area (Å²) in [5, 5.41) is 3.85. The Morgan fingerprint density at radius 2 is 1.63 bits per heavy atom. The lowest BCUT2D eigenvalue weighted by molar-refractivity contribution is 0.213. The zero-order chi connectivity index (χ0) is 21.8. The van der Waals surface area contributed by atoms with Gasteiger partial charge < -0.3 is 19.0 Å². The lowest BCUT2D eigenvalue weighted by Crippen LogP contribution is -2.06. The minimum atomic E-state index is 0.352. The van der Waals surface area contributed by atoms with Crippen LogP contribution in [0.25, 0.3) is 0 Å². The second-order valence-corrected chi connectivity index (χ2v) is 6.78. The van der Waals surface area contributed by atoms with E-state index < -0.39 is 0 Å². The number of aromatic nitrogens is 2. The predicted molar refractivity (Wildman–Crippen MR) is 118 cm³/mol. The van der Waals surface area contributed by atoms with Crippen molar-refractivity contribution in [3.05, 3.63) is 53.4 Å². The fourth-order valence-electron chi connectivity index (χ4n) is 2.77. The van der Waals surface area contributed by atoms with Crippen LogP contribution < -0.4 is 14.2 Å². The van der Waals surface area contributed by atoms with Gasteiger partial charge in [-0.25, -0.2) is 9.97 Å². The lowest BCUT2D eigenvalue weighted by atomic mass is 10.1. The SMILES string of the molecule is C/C=C/COc1cc(C)c(OCCCCOc2ncc(/C(C)=N/OC)cn2)c(C)c1. The fourth-order valence-corrected chi connectivity index (χ4v) is 2.77. The van der Waals surface area contributed by atoms with Gasteiger partial charge in [0.2, 0.25) is 0 Å². The molecule has 2 rings (SSSR count). The molecule has 0 amide bonds. The molecule has 1 aromatic heterocycles. The lowest BCUT2D eigenvalue weighted by Gasteiger charge is -2.14. The van der Waals surface area contributed by atoms with Crippen molar-refractivity contribution in [3.63, 3.8) is 0 Å². The summed E-state index contributed by atoms with van der Waals surface area (Å²) in [6.45, 7) is 9.60. The Bertz CT molecular complexity index is 825.